The van der Waals surface area contributed by atoms with Crippen molar-refractivity contribution < 1.29 is 67.2 Å². The number of hydrogen-bond acceptors (Lipinski definition) is 14. The van der Waals surface area contributed by atoms with Gasteiger partial charge in [-0.1, -0.05) is 97.7 Å². The lowest BCUT2D eigenvalue weighted by molar-refractivity contribution is -0.202. The van der Waals surface area contributed by atoms with Gasteiger partial charge in [-0.2, -0.15) is 0 Å². The molecule has 0 aromatic heterocycles. The summed E-state index contributed by atoms with van der Waals surface area (Å²) in [5.74, 6) is -5.64. The highest BCUT2D eigenvalue weighted by Crippen LogP contribution is 2.32. The Bertz CT molecular complexity index is 2070. The van der Waals surface area contributed by atoms with Crippen LogP contribution in [0.25, 0.3) is 0 Å². The molecular weight excluding hydrogens is 955 g/mol. The number of ketones is 1. The number of likely N-dealkylation sites (N-methyl/N-ethyl adjacent to an activating group) is 2. The van der Waals surface area contributed by atoms with E-state index in [1.807, 2.05) is 52.0 Å². The third-order valence-corrected chi connectivity index (χ3v) is 15.1. The summed E-state index contributed by atoms with van der Waals surface area (Å²) in [7, 11) is 6.20. The van der Waals surface area contributed by atoms with Crippen LogP contribution in [0, 0.1) is 29.6 Å². The van der Waals surface area contributed by atoms with Crippen LogP contribution >= 0.6 is 0 Å². The lowest BCUT2D eigenvalue weighted by Gasteiger charge is -2.41. The number of rotatable bonds is 26. The number of allylic oxidation sites excluding steroid dienone is 1. The summed E-state index contributed by atoms with van der Waals surface area (Å²) in [6.45, 7) is 14.7. The number of aliphatic hydroxyl groups is 1. The molecule has 6 amide bonds. The summed E-state index contributed by atoms with van der Waals surface area (Å²) in [6, 6.07) is 6.53. The number of nitrogens with zero attached hydrogens (tertiary/aromatic N) is 4. The number of carbonyl (C=O) groups excluding carboxylic acids is 8. The third kappa shape index (κ3) is 16.1. The highest BCUT2D eigenvalue weighted by molar-refractivity contribution is 6.01. The topological polar surface area (TPSA) is 228 Å². The molecule has 0 bridgehead atoms. The number of nitrogens with one attached hydrogen (secondary N) is 1. The molecule has 1 aromatic carbocycles. The van der Waals surface area contributed by atoms with Gasteiger partial charge in [0, 0.05) is 60.0 Å². The highest BCUT2D eigenvalue weighted by Gasteiger charge is 2.44. The zero-order valence-electron chi connectivity index (χ0n) is 45.9. The standard InChI is InChI=1S/C55H85N5O14/c1-13-35(6)50(44(70-11)31-47(64)59-29-21-24-40(59)52(71-12)36(7)53(67)56-37(8)51(66)38-22-17-16-18-23-38)57(9)54(68)39(33(2)3)30-41(61)49(34(4)5)58(10)55(69)73-43-26-20-15-14-19-25-42(43)72-32-48(65)74-60-45(62)27-28-46(60)63/h16-18,20,22-23,26,33-37,39-40,42-44,49-52,66H,13-15,19,21,24-25,27-32H2,1-12H3,(H,56,67)/b26-20+/t35-,36+,37+,39+,40-,42?,43?,44+,49-,50-,51+,52+/m0/s1. The number of aliphatic hydroxyl groups excluding tert-OH is 1. The fourth-order valence-corrected chi connectivity index (χ4v) is 10.6. The van der Waals surface area contributed by atoms with E-state index in [0.717, 1.165) is 12.8 Å². The maximum absolute atomic E-state index is 14.8. The average molecular weight is 1040 g/mol. The first-order chi connectivity index (χ1) is 35.1. The predicted octanol–water partition coefficient (Wildman–Crippen LogP) is 5.96. The van der Waals surface area contributed by atoms with E-state index in [1.165, 1.54) is 26.2 Å². The molecule has 4 rings (SSSR count). The molecule has 2 fully saturated rings. The molecule has 414 valence electrons. The molecule has 3 aliphatic rings. The molecule has 0 radical (unpaired) electrons. The van der Waals surface area contributed by atoms with E-state index in [4.69, 9.17) is 23.8 Å². The Kier molecular flexibility index (Phi) is 24.2. The van der Waals surface area contributed by atoms with E-state index >= 15 is 0 Å². The lowest BCUT2D eigenvalue weighted by Crippen LogP contribution is -2.55. The van der Waals surface area contributed by atoms with Crippen molar-refractivity contribution in [2.45, 2.75) is 181 Å². The fourth-order valence-electron chi connectivity index (χ4n) is 10.6. The van der Waals surface area contributed by atoms with Gasteiger partial charge in [0.1, 0.15) is 12.7 Å². The minimum absolute atomic E-state index is 0.0541. The van der Waals surface area contributed by atoms with E-state index in [0.29, 0.717) is 49.3 Å². The normalized spacial score (nSPS) is 22.3. The lowest BCUT2D eigenvalue weighted by atomic mass is 9.83. The van der Waals surface area contributed by atoms with Crippen molar-refractivity contribution in [1.82, 2.24) is 25.1 Å². The molecule has 74 heavy (non-hydrogen) atoms. The predicted molar refractivity (Wildman–Crippen MR) is 274 cm³/mol. The van der Waals surface area contributed by atoms with Crippen molar-refractivity contribution in [3.63, 3.8) is 0 Å². The van der Waals surface area contributed by atoms with Crippen LogP contribution in [0.4, 0.5) is 4.79 Å². The molecule has 2 saturated heterocycles. The van der Waals surface area contributed by atoms with Gasteiger partial charge >= 0.3 is 12.1 Å². The first-order valence-electron chi connectivity index (χ1n) is 26.5. The molecule has 0 saturated carbocycles. The second kappa shape index (κ2) is 29.2. The van der Waals surface area contributed by atoms with Crippen molar-refractivity contribution >= 4 is 47.4 Å². The number of carbonyl (C=O) groups is 8. The smallest absolute Gasteiger partial charge is 0.410 e. The number of methoxy groups -OCH3 is 2. The van der Waals surface area contributed by atoms with Crippen molar-refractivity contribution in [2.24, 2.45) is 29.6 Å². The molecule has 0 spiro atoms. The van der Waals surface area contributed by atoms with Gasteiger partial charge < -0.3 is 48.9 Å². The third-order valence-electron chi connectivity index (χ3n) is 15.1. The first-order valence-corrected chi connectivity index (χ1v) is 26.5. The molecule has 19 nitrogen and oxygen atoms in total. The molecule has 19 heteroatoms. The Morgan fingerprint density at radius 1 is 0.838 bits per heavy atom. The number of Topliss-reactive ketones (excluding diaryl/α,β-unsaturated/α-hetero) is 1. The maximum atomic E-state index is 14.8. The Hall–Kier alpha value is -5.24. The van der Waals surface area contributed by atoms with Crippen molar-refractivity contribution in [1.29, 1.82) is 0 Å². The van der Waals surface area contributed by atoms with Gasteiger partial charge in [-0.15, -0.1) is 5.06 Å². The highest BCUT2D eigenvalue weighted by atomic mass is 16.7. The van der Waals surface area contributed by atoms with Gasteiger partial charge in [0.2, 0.25) is 17.7 Å². The van der Waals surface area contributed by atoms with Crippen LogP contribution in [0.15, 0.2) is 42.5 Å². The second-order valence-electron chi connectivity index (χ2n) is 21.0. The van der Waals surface area contributed by atoms with Gasteiger partial charge in [0.25, 0.3) is 11.8 Å². The van der Waals surface area contributed by atoms with E-state index in [9.17, 15) is 43.5 Å². The van der Waals surface area contributed by atoms with Gasteiger partial charge in [0.15, 0.2) is 5.78 Å². The monoisotopic (exact) mass is 1040 g/mol. The summed E-state index contributed by atoms with van der Waals surface area (Å²) in [5.41, 5.74) is 0.679. The number of benzene rings is 1. The largest absolute Gasteiger partial charge is 0.439 e. The van der Waals surface area contributed by atoms with Crippen LogP contribution in [0.5, 0.6) is 0 Å². The van der Waals surface area contributed by atoms with Crippen LogP contribution in [-0.4, -0.2) is 162 Å². The van der Waals surface area contributed by atoms with E-state index < -0.39 is 97.0 Å². The first kappa shape index (κ1) is 61.3. The second-order valence-corrected chi connectivity index (χ2v) is 21.0. The molecular formula is C55H85N5O14. The summed E-state index contributed by atoms with van der Waals surface area (Å²) in [5, 5.41) is 14.3. The Morgan fingerprint density at radius 2 is 1.50 bits per heavy atom. The number of amides is 6. The molecule has 12 atom stereocenters. The molecule has 2 unspecified atom stereocenters. The van der Waals surface area contributed by atoms with Crippen LogP contribution < -0.4 is 5.32 Å². The summed E-state index contributed by atoms with van der Waals surface area (Å²) >= 11 is 0. The quantitative estimate of drug-likeness (QED) is 0.0807. The van der Waals surface area contributed by atoms with Crippen molar-refractivity contribution in [3.8, 4) is 0 Å². The fraction of sp³-hybridized carbons (Fsp3) is 0.709. The molecule has 2 aliphatic heterocycles. The Morgan fingerprint density at radius 3 is 2.09 bits per heavy atom. The SMILES string of the molecule is CC[C@H](C)[C@@H]([C@@H](CC(=O)N1CCC[C@H]1[C@H](OC)[C@@H](C)C(=O)N[C@H](C)[C@@H](O)c1ccccc1)OC)N(C)C(=O)[C@H](CC(=O)[C@H](C(C)C)N(C)C(=O)OC1/C=C/CCCCC1OCC(=O)ON1C(=O)CCC1=O)C(C)C. The van der Waals surface area contributed by atoms with Crippen LogP contribution in [0.1, 0.15) is 138 Å². The minimum atomic E-state index is -0.985. The molecule has 1 aliphatic carbocycles. The van der Waals surface area contributed by atoms with Gasteiger partial charge in [-0.3, -0.25) is 28.8 Å². The van der Waals surface area contributed by atoms with Crippen LogP contribution in [0.2, 0.25) is 0 Å². The summed E-state index contributed by atoms with van der Waals surface area (Å²) in [6.07, 6.45) is 2.98. The Labute approximate surface area is 438 Å². The molecule has 1 aromatic rings. The van der Waals surface area contributed by atoms with E-state index in [-0.39, 0.29) is 66.9 Å². The van der Waals surface area contributed by atoms with E-state index in [1.54, 1.807) is 62.8 Å². The number of hydrogen-bond donors (Lipinski definition) is 2. The summed E-state index contributed by atoms with van der Waals surface area (Å²) < 4.78 is 23.9. The van der Waals surface area contributed by atoms with Gasteiger partial charge in [-0.25, -0.2) is 9.59 Å². The number of likely N-dealkylation sites (tertiary alicyclic amines) is 1. The van der Waals surface area contributed by atoms with Crippen molar-refractivity contribution in [2.75, 3.05) is 41.5 Å². The number of hydroxylamine groups is 2. The van der Waals surface area contributed by atoms with E-state index in [2.05, 4.69) is 5.32 Å². The average Bonchev–Trinajstić information content (AvgIpc) is 3.98. The maximum Gasteiger partial charge on any atom is 0.410 e. The number of ether oxygens (including phenoxy) is 4. The molecule has 2 heterocycles. The van der Waals surface area contributed by atoms with Crippen molar-refractivity contribution in [3.05, 3.63) is 48.0 Å². The number of imide groups is 1. The molecule has 2 N–H and O–H groups in total. The Balaban J connectivity index is 1.45. The van der Waals surface area contributed by atoms with Gasteiger partial charge in [0.05, 0.1) is 60.9 Å². The van der Waals surface area contributed by atoms with Crippen LogP contribution in [-0.2, 0) is 57.3 Å². The minimum Gasteiger partial charge on any atom is -0.439 e. The zero-order chi connectivity index (χ0) is 55.0. The van der Waals surface area contributed by atoms with Crippen LogP contribution in [0.3, 0.4) is 0 Å². The summed E-state index contributed by atoms with van der Waals surface area (Å²) in [4.78, 5) is 118. The zero-order valence-corrected chi connectivity index (χ0v) is 45.9. The van der Waals surface area contributed by atoms with Gasteiger partial charge in [-0.05, 0) is 68.4 Å².